The van der Waals surface area contributed by atoms with Crippen molar-refractivity contribution >= 4 is 73.4 Å². The Morgan fingerprint density at radius 1 is 0.584 bits per heavy atom. The summed E-state index contributed by atoms with van der Waals surface area (Å²) in [5.41, 5.74) is 12.3. The molecular formula is C67H46N10. The summed E-state index contributed by atoms with van der Waals surface area (Å²) < 4.78 is 4.43. The summed E-state index contributed by atoms with van der Waals surface area (Å²) in [5.74, 6) is 0.227. The molecule has 0 aliphatic rings. The Balaban J connectivity index is 1.17. The smallest absolute Gasteiger partial charge is 0.161 e. The number of fused-ring (bicyclic) bond motifs is 6. The molecule has 10 nitrogen and oxygen atoms in total. The minimum absolute atomic E-state index is 0.110. The van der Waals surface area contributed by atoms with Crippen LogP contribution in [0, 0.1) is 50.7 Å². The molecule has 2 heterocycles. The highest BCUT2D eigenvalue weighted by atomic mass is 15.0. The summed E-state index contributed by atoms with van der Waals surface area (Å²) in [7, 11) is 1.72. The second-order valence-electron chi connectivity index (χ2n) is 18.2. The van der Waals surface area contributed by atoms with Crippen molar-refractivity contribution in [2.75, 3.05) is 7.05 Å². The van der Waals surface area contributed by atoms with E-state index < -0.39 is 0 Å². The lowest BCUT2D eigenvalue weighted by Crippen LogP contribution is -2.13. The number of aromatic nitrogens is 2. The van der Waals surface area contributed by atoms with Crippen LogP contribution in [0.15, 0.2) is 239 Å². The molecule has 0 aliphatic heterocycles. The maximum absolute atomic E-state index is 10.2. The number of hydrogen-bond acceptors (Lipinski definition) is 6. The van der Waals surface area contributed by atoms with Crippen molar-refractivity contribution in [3.8, 4) is 46.5 Å². The summed E-state index contributed by atoms with van der Waals surface area (Å²) in [6.07, 6.45) is 7.33. The van der Waals surface area contributed by atoms with Crippen molar-refractivity contribution in [2.45, 2.75) is 13.0 Å². The van der Waals surface area contributed by atoms with E-state index in [0.29, 0.717) is 50.5 Å². The highest BCUT2D eigenvalue weighted by molar-refractivity contribution is 6.16. The van der Waals surface area contributed by atoms with Crippen molar-refractivity contribution in [1.29, 1.82) is 26.5 Å². The Bertz CT molecular complexity index is 4400. The lowest BCUT2D eigenvalue weighted by atomic mass is 9.95. The number of nitrogens with zero attached hydrogens (tertiary/aromatic N) is 9. The zero-order chi connectivity index (χ0) is 53.6. The lowest BCUT2D eigenvalue weighted by Gasteiger charge is -2.25. The standard InChI is InChI=1S/C67H46N10/c1-43(66(72)75-67(49-17-9-6-10-18-49)74-42-46-15-7-5-8-16-46)33-65(77-62-22-14-12-20-58(62)60-37-51(26-30-64(60)77)56-28-24-48(39-69)35-53(56)41-71)44(2)54(31-32-73-4)45(3)76-61-21-13-11-19-57(61)59-36-50(25-29-63(59)76)55-27-23-47(38-68)34-52(55)40-70/h5-37,42,45,72H,1-2H2,3-4H3/b54-31-,65-33+,72-66?,73-32-,74-42+,75-67-. The fraction of sp³-hybridized carbons (Fsp3) is 0.0448. The monoisotopic (exact) mass is 990 g/mol. The van der Waals surface area contributed by atoms with Gasteiger partial charge in [-0.1, -0.05) is 134 Å². The van der Waals surface area contributed by atoms with E-state index >= 15 is 0 Å². The molecule has 8 aromatic carbocycles. The molecule has 1 unspecified atom stereocenters. The summed E-state index contributed by atoms with van der Waals surface area (Å²) in [4.78, 5) is 14.1. The van der Waals surface area contributed by atoms with Gasteiger partial charge in [-0.15, -0.1) is 0 Å². The van der Waals surface area contributed by atoms with E-state index in [1.54, 1.807) is 43.7 Å². The maximum Gasteiger partial charge on any atom is 0.161 e. The van der Waals surface area contributed by atoms with Gasteiger partial charge in [0.25, 0.3) is 0 Å². The van der Waals surface area contributed by atoms with E-state index in [4.69, 9.17) is 16.6 Å². The van der Waals surface area contributed by atoms with E-state index in [1.807, 2.05) is 133 Å². The number of aliphatic imine (C=N–C) groups is 3. The molecule has 364 valence electrons. The van der Waals surface area contributed by atoms with E-state index in [9.17, 15) is 26.5 Å². The van der Waals surface area contributed by atoms with Gasteiger partial charge in [-0.3, -0.25) is 10.4 Å². The molecule has 10 rings (SSSR count). The predicted octanol–water partition coefficient (Wildman–Crippen LogP) is 15.1. The van der Waals surface area contributed by atoms with Gasteiger partial charge in [-0.25, -0.2) is 9.98 Å². The van der Waals surface area contributed by atoms with Crippen molar-refractivity contribution in [2.24, 2.45) is 15.0 Å². The van der Waals surface area contributed by atoms with Gasteiger partial charge in [0.2, 0.25) is 0 Å². The quantitative estimate of drug-likeness (QED) is 0.0731. The first-order valence-electron chi connectivity index (χ1n) is 24.6. The Labute approximate surface area is 445 Å². The number of nitrogens with one attached hydrogen (secondary N) is 1. The van der Waals surface area contributed by atoms with E-state index in [0.717, 1.165) is 77.0 Å². The number of hydrogen-bond donors (Lipinski definition) is 1. The number of nitriles is 4. The fourth-order valence-electron chi connectivity index (χ4n) is 9.97. The molecule has 1 N–H and O–H groups in total. The number of para-hydroxylation sites is 2. The normalized spacial score (nSPS) is 12.5. The molecule has 77 heavy (non-hydrogen) atoms. The zero-order valence-corrected chi connectivity index (χ0v) is 42.1. The first-order valence-corrected chi connectivity index (χ1v) is 24.6. The number of rotatable bonds is 12. The Morgan fingerprint density at radius 2 is 1.10 bits per heavy atom. The van der Waals surface area contributed by atoms with Crippen LogP contribution in [0.25, 0.3) is 71.6 Å². The predicted molar refractivity (Wildman–Crippen MR) is 313 cm³/mol. The Kier molecular flexibility index (Phi) is 13.9. The molecule has 0 fully saturated rings. The Hall–Kier alpha value is -11.0. The zero-order valence-electron chi connectivity index (χ0n) is 42.1. The Morgan fingerprint density at radius 3 is 1.70 bits per heavy atom. The van der Waals surface area contributed by atoms with Crippen molar-refractivity contribution in [3.63, 3.8) is 0 Å². The minimum atomic E-state index is -0.384. The first-order chi connectivity index (χ1) is 37.6. The summed E-state index contributed by atoms with van der Waals surface area (Å²) in [6, 6.07) is 66.7. The minimum Gasteiger partial charge on any atom is -0.333 e. The topological polar surface area (TPSA) is 166 Å². The molecule has 10 heteroatoms. The second kappa shape index (κ2) is 21.6. The van der Waals surface area contributed by atoms with Crippen LogP contribution in [-0.2, 0) is 0 Å². The van der Waals surface area contributed by atoms with Gasteiger partial charge >= 0.3 is 0 Å². The third-order valence-electron chi connectivity index (χ3n) is 13.7. The molecular weight excluding hydrogens is 945 g/mol. The number of benzene rings is 8. The van der Waals surface area contributed by atoms with Crippen molar-refractivity contribution < 1.29 is 0 Å². The number of amidine groups is 2. The molecule has 0 saturated carbocycles. The van der Waals surface area contributed by atoms with E-state index in [-0.39, 0.29) is 11.9 Å². The van der Waals surface area contributed by atoms with Crippen LogP contribution in [0.1, 0.15) is 46.3 Å². The molecule has 2 aromatic heterocycles. The number of allylic oxidation sites excluding steroid dienone is 4. The van der Waals surface area contributed by atoms with E-state index in [1.165, 1.54) is 0 Å². The van der Waals surface area contributed by atoms with Gasteiger partial charge in [0, 0.05) is 63.2 Å². The third-order valence-corrected chi connectivity index (χ3v) is 13.7. The van der Waals surface area contributed by atoms with Crippen LogP contribution in [0.5, 0.6) is 0 Å². The molecule has 0 spiro atoms. The van der Waals surface area contributed by atoms with Crippen molar-refractivity contribution in [1.82, 2.24) is 9.13 Å². The van der Waals surface area contributed by atoms with Crippen molar-refractivity contribution in [3.05, 3.63) is 257 Å². The molecule has 0 saturated heterocycles. The SMILES string of the molecule is C=C(/C=C(\C(=C)/C(=C/C=N\C)C(C)n1c2ccccc2c2cc(-c3ccc(C#N)cc3C#N)ccc21)n1c2ccccc2c2cc(-c3ccc(C#N)cc3C#N)ccc21)C(=N)/N=C(\N=C\c1ccccc1)c1ccccc1. The molecule has 0 aliphatic carbocycles. The van der Waals surface area contributed by atoms with Gasteiger partial charge < -0.3 is 9.13 Å². The summed E-state index contributed by atoms with van der Waals surface area (Å²) >= 11 is 0. The molecule has 0 amide bonds. The van der Waals surface area contributed by atoms with Crippen LogP contribution < -0.4 is 0 Å². The van der Waals surface area contributed by atoms with Gasteiger partial charge in [0.05, 0.1) is 69.3 Å². The molecule has 0 bridgehead atoms. The van der Waals surface area contributed by atoms with Crippen LogP contribution in [0.4, 0.5) is 0 Å². The van der Waals surface area contributed by atoms with Gasteiger partial charge in [-0.05, 0) is 119 Å². The van der Waals surface area contributed by atoms with Gasteiger partial charge in [-0.2, -0.15) is 21.0 Å². The highest BCUT2D eigenvalue weighted by Gasteiger charge is 2.26. The molecule has 1 atom stereocenters. The second-order valence-corrected chi connectivity index (χ2v) is 18.2. The van der Waals surface area contributed by atoms with Crippen LogP contribution in [-0.4, -0.2) is 40.3 Å². The van der Waals surface area contributed by atoms with Gasteiger partial charge in [0.15, 0.2) is 11.7 Å². The summed E-state index contributed by atoms with van der Waals surface area (Å²) in [6.45, 7) is 11.6. The maximum atomic E-state index is 10.2. The van der Waals surface area contributed by atoms with Gasteiger partial charge in [0.1, 0.15) is 0 Å². The summed E-state index contributed by atoms with van der Waals surface area (Å²) in [5, 5.41) is 53.1. The molecule has 0 radical (unpaired) electrons. The fourth-order valence-corrected chi connectivity index (χ4v) is 9.97. The lowest BCUT2D eigenvalue weighted by molar-refractivity contribution is 0.680. The average molecular weight is 991 g/mol. The van der Waals surface area contributed by atoms with Crippen LogP contribution >= 0.6 is 0 Å². The van der Waals surface area contributed by atoms with Crippen LogP contribution in [0.3, 0.4) is 0 Å². The molecule has 10 aromatic rings. The third kappa shape index (κ3) is 9.58. The highest BCUT2D eigenvalue weighted by Crippen LogP contribution is 2.43. The largest absolute Gasteiger partial charge is 0.333 e. The van der Waals surface area contributed by atoms with Crippen LogP contribution in [0.2, 0.25) is 0 Å². The average Bonchev–Trinajstić information content (AvgIpc) is 4.10. The first kappa shape index (κ1) is 49.5. The van der Waals surface area contributed by atoms with E-state index in [2.05, 4.69) is 88.3 Å².